The number of nitrogens with zero attached hydrogens (tertiary/aromatic N) is 1. The Hall–Kier alpha value is -3.12. The lowest BCUT2D eigenvalue weighted by Crippen LogP contribution is -2.20. The van der Waals surface area contributed by atoms with E-state index in [0.717, 1.165) is 0 Å². The van der Waals surface area contributed by atoms with E-state index in [9.17, 15) is 9.90 Å². The first-order valence-electron chi connectivity index (χ1n) is 9.41. The van der Waals surface area contributed by atoms with Crippen LogP contribution < -0.4 is 10.8 Å². The van der Waals surface area contributed by atoms with Crippen molar-refractivity contribution in [2.45, 2.75) is 19.3 Å². The number of carbonyl (C=O) groups excluding carboxylic acids is 1. The second kappa shape index (κ2) is 13.1. The number of rotatable bonds is 5. The second-order valence-electron chi connectivity index (χ2n) is 5.85. The highest BCUT2D eigenvalue weighted by molar-refractivity contribution is 5.79. The highest BCUT2D eigenvalue weighted by Gasteiger charge is 2.28. The Morgan fingerprint density at radius 2 is 1.62 bits per heavy atom. The maximum Gasteiger partial charge on any atom is 0.305 e. The molecule has 0 unspecified atom stereocenters. The molecule has 0 aromatic heterocycles. The Kier molecular flexibility index (Phi) is 10.8. The van der Waals surface area contributed by atoms with E-state index in [1.54, 1.807) is 0 Å². The van der Waals surface area contributed by atoms with Crippen molar-refractivity contribution in [2.24, 2.45) is 10.7 Å². The molecule has 29 heavy (non-hydrogen) atoms. The quantitative estimate of drug-likeness (QED) is 0.362. The summed E-state index contributed by atoms with van der Waals surface area (Å²) in [7, 11) is 2.88. The van der Waals surface area contributed by atoms with Crippen LogP contribution in [0.5, 0.6) is 0 Å². The van der Waals surface area contributed by atoms with Gasteiger partial charge in [-0.1, -0.05) is 61.5 Å². The van der Waals surface area contributed by atoms with E-state index in [4.69, 9.17) is 4.74 Å². The fourth-order valence-corrected chi connectivity index (χ4v) is 2.91. The molecule has 6 heteroatoms. The van der Waals surface area contributed by atoms with Crippen LogP contribution in [0.3, 0.4) is 0 Å². The lowest BCUT2D eigenvalue weighted by atomic mass is 9.98. The Balaban J connectivity index is 0.000000358. The maximum absolute atomic E-state index is 11.4. The van der Waals surface area contributed by atoms with Gasteiger partial charge < -0.3 is 20.3 Å². The number of benzene rings is 2. The van der Waals surface area contributed by atoms with Crippen LogP contribution in [0.2, 0.25) is 0 Å². The number of carbonyl (C=O) groups is 1. The van der Waals surface area contributed by atoms with Gasteiger partial charge in [0.15, 0.2) is 0 Å². The van der Waals surface area contributed by atoms with Crippen molar-refractivity contribution in [3.05, 3.63) is 72.3 Å². The zero-order chi connectivity index (χ0) is 21.6. The zero-order valence-corrected chi connectivity index (χ0v) is 17.3. The van der Waals surface area contributed by atoms with Gasteiger partial charge in [-0.25, -0.2) is 0 Å². The standard InChI is InChI=1S/C17H16O2.C5H9NO2.CH5N/c1-2-17(18)19-11-16-14-9-5-3-7-12(14)13-8-4-6-10-15(13)16;1-3-4-8-5(7)6-2;1-2/h3-10,16H,2,11H2,1H3;3H,1,4H2,2H3,(H,6,7);2H2,1H3/p-1. The van der Waals surface area contributed by atoms with E-state index in [1.165, 1.54) is 42.4 Å². The highest BCUT2D eigenvalue weighted by Crippen LogP contribution is 2.44. The van der Waals surface area contributed by atoms with Crippen LogP contribution in [-0.4, -0.2) is 39.4 Å². The predicted octanol–water partition coefficient (Wildman–Crippen LogP) is 2.86. The lowest BCUT2D eigenvalue weighted by molar-refractivity contribution is -0.249. The third-order valence-electron chi connectivity index (χ3n) is 4.17. The predicted molar refractivity (Wildman–Crippen MR) is 115 cm³/mol. The van der Waals surface area contributed by atoms with Crippen LogP contribution in [-0.2, 0) is 14.3 Å². The van der Waals surface area contributed by atoms with Gasteiger partial charge in [0, 0.05) is 26.0 Å². The molecule has 0 heterocycles. The number of esters is 1. The third kappa shape index (κ3) is 6.76. The van der Waals surface area contributed by atoms with Gasteiger partial charge in [0.2, 0.25) is 0 Å². The molecule has 6 nitrogen and oxygen atoms in total. The van der Waals surface area contributed by atoms with Crippen LogP contribution in [0.4, 0.5) is 0 Å². The Bertz CT molecular complexity index is 773. The highest BCUT2D eigenvalue weighted by atomic mass is 16.6. The molecule has 0 saturated heterocycles. The van der Waals surface area contributed by atoms with E-state index >= 15 is 0 Å². The Labute approximate surface area is 172 Å². The summed E-state index contributed by atoms with van der Waals surface area (Å²) in [6, 6.07) is 16.7. The van der Waals surface area contributed by atoms with Crippen molar-refractivity contribution in [3.63, 3.8) is 0 Å². The average Bonchev–Trinajstić information content (AvgIpc) is 3.11. The summed E-state index contributed by atoms with van der Waals surface area (Å²) in [4.78, 5) is 14.6. The number of hydrogen-bond donors (Lipinski definition) is 1. The summed E-state index contributed by atoms with van der Waals surface area (Å²) in [6.45, 7) is 5.83. The van der Waals surface area contributed by atoms with Crippen molar-refractivity contribution in [2.75, 3.05) is 27.3 Å². The van der Waals surface area contributed by atoms with Crippen molar-refractivity contribution in [1.29, 1.82) is 0 Å². The van der Waals surface area contributed by atoms with Gasteiger partial charge in [-0.05, 0) is 29.3 Å². The average molecular weight is 397 g/mol. The molecule has 2 aromatic carbocycles. The zero-order valence-electron chi connectivity index (χ0n) is 17.3. The molecule has 2 N–H and O–H groups in total. The largest absolute Gasteiger partial charge is 0.596 e. The van der Waals surface area contributed by atoms with E-state index in [-0.39, 0.29) is 18.5 Å². The molecule has 2 aromatic rings. The minimum absolute atomic E-state index is 0.137. The number of ether oxygens (including phenoxy) is 2. The maximum atomic E-state index is 11.4. The number of hydrogen-bond acceptors (Lipinski definition) is 6. The third-order valence-corrected chi connectivity index (χ3v) is 4.17. The van der Waals surface area contributed by atoms with E-state index < -0.39 is 6.08 Å². The van der Waals surface area contributed by atoms with Gasteiger partial charge in [-0.3, -0.25) is 9.79 Å². The van der Waals surface area contributed by atoms with Crippen LogP contribution in [0.25, 0.3) is 11.1 Å². The second-order valence-corrected chi connectivity index (χ2v) is 5.85. The van der Waals surface area contributed by atoms with Crippen LogP contribution in [0.15, 0.2) is 66.2 Å². The molecule has 0 spiro atoms. The molecule has 0 fully saturated rings. The van der Waals surface area contributed by atoms with Crippen molar-refractivity contribution in [3.8, 4) is 11.1 Å². The molecule has 0 amide bonds. The van der Waals surface area contributed by atoms with Crippen LogP contribution >= 0.6 is 0 Å². The molecule has 0 saturated carbocycles. The molecule has 0 aliphatic heterocycles. The summed E-state index contributed by atoms with van der Waals surface area (Å²) >= 11 is 0. The number of aliphatic imine (C=N–C) groups is 1. The molecule has 0 atom stereocenters. The Morgan fingerprint density at radius 3 is 2.07 bits per heavy atom. The topological polar surface area (TPSA) is 97.0 Å². The van der Waals surface area contributed by atoms with E-state index in [0.29, 0.717) is 13.0 Å². The van der Waals surface area contributed by atoms with Gasteiger partial charge in [0.25, 0.3) is 0 Å². The summed E-state index contributed by atoms with van der Waals surface area (Å²) in [5.41, 5.74) is 9.53. The van der Waals surface area contributed by atoms with Crippen LogP contribution in [0.1, 0.15) is 30.4 Å². The SMILES string of the molecule is C=CCOC([O-])=NC.CCC(=O)OCC1c2ccccc2-c2ccccc21.CN. The number of fused-ring (bicyclic) bond motifs is 3. The number of nitrogens with two attached hydrogens (primary N) is 1. The van der Waals surface area contributed by atoms with Crippen LogP contribution in [0, 0.1) is 0 Å². The molecule has 0 bridgehead atoms. The van der Waals surface area contributed by atoms with Gasteiger partial charge in [0.05, 0.1) is 0 Å². The normalized spacial score (nSPS) is 11.7. The Morgan fingerprint density at radius 1 is 1.10 bits per heavy atom. The molecule has 3 rings (SSSR count). The smallest absolute Gasteiger partial charge is 0.305 e. The van der Waals surface area contributed by atoms with Crippen molar-refractivity contribution < 1.29 is 19.4 Å². The summed E-state index contributed by atoms with van der Waals surface area (Å²) < 4.78 is 9.77. The molecular weight excluding hydrogens is 368 g/mol. The van der Waals surface area contributed by atoms with E-state index in [2.05, 4.69) is 58.4 Å². The van der Waals surface area contributed by atoms with Gasteiger partial charge in [0.1, 0.15) is 12.7 Å². The van der Waals surface area contributed by atoms with Crippen molar-refractivity contribution >= 4 is 12.1 Å². The molecule has 156 valence electrons. The molecular formula is C23H29N2O4-. The van der Waals surface area contributed by atoms with E-state index in [1.807, 2.05) is 19.1 Å². The summed E-state index contributed by atoms with van der Waals surface area (Å²) in [6.07, 6.45) is 1.36. The first kappa shape index (κ1) is 23.9. The minimum Gasteiger partial charge on any atom is -0.596 e. The molecule has 1 aliphatic carbocycles. The summed E-state index contributed by atoms with van der Waals surface area (Å²) in [5, 5.41) is 10.1. The summed E-state index contributed by atoms with van der Waals surface area (Å²) in [5.74, 6) is 0.0322. The lowest BCUT2D eigenvalue weighted by Gasteiger charge is -2.13. The minimum atomic E-state index is -0.551. The van der Waals surface area contributed by atoms with Gasteiger partial charge >= 0.3 is 5.97 Å². The first-order valence-corrected chi connectivity index (χ1v) is 9.41. The molecule has 1 aliphatic rings. The van der Waals surface area contributed by atoms with Crippen molar-refractivity contribution in [1.82, 2.24) is 0 Å². The van der Waals surface area contributed by atoms with Gasteiger partial charge in [-0.2, -0.15) is 0 Å². The first-order chi connectivity index (χ1) is 14.1. The fourth-order valence-electron chi connectivity index (χ4n) is 2.91. The van der Waals surface area contributed by atoms with Gasteiger partial charge in [-0.15, -0.1) is 6.58 Å². The molecule has 0 radical (unpaired) electrons. The fraction of sp³-hybridized carbons (Fsp3) is 0.304. The monoisotopic (exact) mass is 397 g/mol.